The first-order chi connectivity index (χ1) is 10.1. The smallest absolute Gasteiger partial charge is 0.326 e. The number of likely N-dealkylation sites (tertiary alicyclic amines) is 1. The minimum atomic E-state index is -0.579. The number of hydrogen-bond acceptors (Lipinski definition) is 5. The second kappa shape index (κ2) is 9.38. The zero-order chi connectivity index (χ0) is 15.7. The van der Waals surface area contributed by atoms with Gasteiger partial charge in [0.15, 0.2) is 0 Å². The summed E-state index contributed by atoms with van der Waals surface area (Å²) in [5, 5.41) is 3.36. The van der Waals surface area contributed by atoms with Crippen molar-refractivity contribution in [3.63, 3.8) is 0 Å². The molecule has 0 amide bonds. The predicted molar refractivity (Wildman–Crippen MR) is 84.4 cm³/mol. The summed E-state index contributed by atoms with van der Waals surface area (Å²) in [6.07, 6.45) is 4.35. The summed E-state index contributed by atoms with van der Waals surface area (Å²) in [7, 11) is 1.78. The van der Waals surface area contributed by atoms with Crippen molar-refractivity contribution in [3.05, 3.63) is 0 Å². The normalized spacial score (nSPS) is 20.2. The van der Waals surface area contributed by atoms with Crippen LogP contribution in [0.1, 0.15) is 46.5 Å². The van der Waals surface area contributed by atoms with Gasteiger partial charge in [-0.2, -0.15) is 0 Å². The molecule has 0 aromatic carbocycles. The average Bonchev–Trinajstić information content (AvgIpc) is 2.51. The number of carbonyl (C=O) groups excluding carboxylic acids is 1. The molecule has 1 heterocycles. The van der Waals surface area contributed by atoms with Crippen LogP contribution in [0.5, 0.6) is 0 Å². The topological polar surface area (TPSA) is 50.8 Å². The fraction of sp³-hybridized carbons (Fsp3) is 0.938. The van der Waals surface area contributed by atoms with Crippen LogP contribution >= 0.6 is 0 Å². The van der Waals surface area contributed by atoms with E-state index in [0.717, 1.165) is 51.9 Å². The van der Waals surface area contributed by atoms with Crippen molar-refractivity contribution in [2.75, 3.05) is 39.9 Å². The number of esters is 1. The van der Waals surface area contributed by atoms with Crippen molar-refractivity contribution in [2.45, 2.75) is 58.1 Å². The lowest BCUT2D eigenvalue weighted by Crippen LogP contribution is -2.53. The van der Waals surface area contributed by atoms with Gasteiger partial charge < -0.3 is 19.7 Å². The Morgan fingerprint density at radius 2 is 2.00 bits per heavy atom. The maximum Gasteiger partial charge on any atom is 0.326 e. The van der Waals surface area contributed by atoms with E-state index in [1.165, 1.54) is 0 Å². The molecule has 0 bridgehead atoms. The van der Waals surface area contributed by atoms with E-state index in [4.69, 9.17) is 9.47 Å². The first-order valence-corrected chi connectivity index (χ1v) is 8.23. The standard InChI is InChI=1S/C16H32N2O3/c1-5-10-17-16(3,15(19)21-6-2)9-13-18-11-7-14(20-4)8-12-18/h14,17H,5-13H2,1-4H3. The van der Waals surface area contributed by atoms with Gasteiger partial charge in [-0.1, -0.05) is 6.92 Å². The second-order valence-electron chi connectivity index (χ2n) is 6.01. The molecular weight excluding hydrogens is 268 g/mol. The minimum absolute atomic E-state index is 0.134. The number of carbonyl (C=O) groups is 1. The summed E-state index contributed by atoms with van der Waals surface area (Å²) < 4.78 is 10.6. The van der Waals surface area contributed by atoms with Gasteiger partial charge in [0.05, 0.1) is 12.7 Å². The predicted octanol–water partition coefficient (Wildman–Crippen LogP) is 1.81. The third-order valence-electron chi connectivity index (χ3n) is 4.29. The Morgan fingerprint density at radius 3 is 2.52 bits per heavy atom. The van der Waals surface area contributed by atoms with Gasteiger partial charge in [0.25, 0.3) is 0 Å². The van der Waals surface area contributed by atoms with Crippen molar-refractivity contribution < 1.29 is 14.3 Å². The van der Waals surface area contributed by atoms with E-state index in [1.807, 2.05) is 13.8 Å². The zero-order valence-corrected chi connectivity index (χ0v) is 14.1. The molecular formula is C16H32N2O3. The largest absolute Gasteiger partial charge is 0.465 e. The number of piperidine rings is 1. The lowest BCUT2D eigenvalue weighted by molar-refractivity contribution is -0.151. The third kappa shape index (κ3) is 5.93. The van der Waals surface area contributed by atoms with E-state index in [1.54, 1.807) is 7.11 Å². The Balaban J connectivity index is 2.47. The monoisotopic (exact) mass is 300 g/mol. The summed E-state index contributed by atoms with van der Waals surface area (Å²) in [4.78, 5) is 14.6. The second-order valence-corrected chi connectivity index (χ2v) is 6.01. The molecule has 1 aliphatic heterocycles. The van der Waals surface area contributed by atoms with Gasteiger partial charge in [0.1, 0.15) is 5.54 Å². The van der Waals surface area contributed by atoms with Gasteiger partial charge in [0.2, 0.25) is 0 Å². The van der Waals surface area contributed by atoms with Crippen LogP contribution in [-0.2, 0) is 14.3 Å². The molecule has 1 unspecified atom stereocenters. The lowest BCUT2D eigenvalue weighted by atomic mass is 9.96. The Labute approximate surface area is 129 Å². The number of hydrogen-bond donors (Lipinski definition) is 1. The van der Waals surface area contributed by atoms with Gasteiger partial charge in [0, 0.05) is 26.7 Å². The molecule has 0 spiro atoms. The van der Waals surface area contributed by atoms with Crippen molar-refractivity contribution in [2.24, 2.45) is 0 Å². The molecule has 1 saturated heterocycles. The highest BCUT2D eigenvalue weighted by Crippen LogP contribution is 2.17. The minimum Gasteiger partial charge on any atom is -0.465 e. The zero-order valence-electron chi connectivity index (χ0n) is 14.1. The number of ether oxygens (including phenoxy) is 2. The maximum atomic E-state index is 12.2. The highest BCUT2D eigenvalue weighted by Gasteiger charge is 2.34. The van der Waals surface area contributed by atoms with Crippen molar-refractivity contribution >= 4 is 5.97 Å². The lowest BCUT2D eigenvalue weighted by Gasteiger charge is -2.35. The highest BCUT2D eigenvalue weighted by atomic mass is 16.5. The fourth-order valence-electron chi connectivity index (χ4n) is 2.70. The maximum absolute atomic E-state index is 12.2. The summed E-state index contributed by atoms with van der Waals surface area (Å²) >= 11 is 0. The third-order valence-corrected chi connectivity index (χ3v) is 4.29. The van der Waals surface area contributed by atoms with Crippen LogP contribution in [-0.4, -0.2) is 62.4 Å². The molecule has 0 saturated carbocycles. The van der Waals surface area contributed by atoms with E-state index < -0.39 is 5.54 Å². The Hall–Kier alpha value is -0.650. The number of nitrogens with one attached hydrogen (secondary N) is 1. The van der Waals surface area contributed by atoms with E-state index in [2.05, 4.69) is 17.1 Å². The summed E-state index contributed by atoms with van der Waals surface area (Å²) in [6.45, 7) is 10.2. The van der Waals surface area contributed by atoms with E-state index in [-0.39, 0.29) is 5.97 Å². The molecule has 124 valence electrons. The van der Waals surface area contributed by atoms with Crippen LogP contribution in [0.4, 0.5) is 0 Å². The Kier molecular flexibility index (Phi) is 8.22. The number of nitrogens with zero attached hydrogens (tertiary/aromatic N) is 1. The van der Waals surface area contributed by atoms with Crippen molar-refractivity contribution in [1.29, 1.82) is 0 Å². The Bertz CT molecular complexity index is 304. The molecule has 5 nitrogen and oxygen atoms in total. The molecule has 21 heavy (non-hydrogen) atoms. The number of methoxy groups -OCH3 is 1. The van der Waals surface area contributed by atoms with Crippen molar-refractivity contribution in [1.82, 2.24) is 10.2 Å². The van der Waals surface area contributed by atoms with Crippen LogP contribution in [0.2, 0.25) is 0 Å². The molecule has 1 aliphatic rings. The molecule has 0 radical (unpaired) electrons. The number of rotatable bonds is 9. The molecule has 0 aliphatic carbocycles. The van der Waals surface area contributed by atoms with E-state index >= 15 is 0 Å². The van der Waals surface area contributed by atoms with Crippen LogP contribution in [0, 0.1) is 0 Å². The van der Waals surface area contributed by atoms with Crippen LogP contribution in [0.3, 0.4) is 0 Å². The molecule has 1 fully saturated rings. The summed E-state index contributed by atoms with van der Waals surface area (Å²) in [6, 6.07) is 0. The highest BCUT2D eigenvalue weighted by molar-refractivity contribution is 5.80. The van der Waals surface area contributed by atoms with Crippen LogP contribution < -0.4 is 5.32 Å². The average molecular weight is 300 g/mol. The molecule has 5 heteroatoms. The van der Waals surface area contributed by atoms with Gasteiger partial charge in [-0.05, 0) is 46.1 Å². The summed E-state index contributed by atoms with van der Waals surface area (Å²) in [5.41, 5.74) is -0.579. The quantitative estimate of drug-likeness (QED) is 0.658. The van der Waals surface area contributed by atoms with Gasteiger partial charge >= 0.3 is 5.97 Å². The van der Waals surface area contributed by atoms with Crippen molar-refractivity contribution in [3.8, 4) is 0 Å². The Morgan fingerprint density at radius 1 is 1.33 bits per heavy atom. The van der Waals surface area contributed by atoms with Gasteiger partial charge in [-0.3, -0.25) is 4.79 Å². The molecule has 0 aromatic rings. The molecule has 1 rings (SSSR count). The fourth-order valence-corrected chi connectivity index (χ4v) is 2.70. The van der Waals surface area contributed by atoms with Crippen LogP contribution in [0.25, 0.3) is 0 Å². The van der Waals surface area contributed by atoms with E-state index in [9.17, 15) is 4.79 Å². The molecule has 1 atom stereocenters. The van der Waals surface area contributed by atoms with Crippen LogP contribution in [0.15, 0.2) is 0 Å². The summed E-state index contributed by atoms with van der Waals surface area (Å²) in [5.74, 6) is -0.134. The van der Waals surface area contributed by atoms with E-state index in [0.29, 0.717) is 12.7 Å². The SMILES string of the molecule is CCCNC(C)(CCN1CCC(OC)CC1)C(=O)OCC. The van der Waals surface area contributed by atoms with Gasteiger partial charge in [-0.15, -0.1) is 0 Å². The first-order valence-electron chi connectivity index (χ1n) is 8.23. The molecule has 1 N–H and O–H groups in total. The molecule has 0 aromatic heterocycles. The van der Waals surface area contributed by atoms with Gasteiger partial charge in [-0.25, -0.2) is 0 Å². The first kappa shape index (κ1) is 18.4.